The number of rotatable bonds is 8. The van der Waals surface area contributed by atoms with Crippen LogP contribution in [0.25, 0.3) is 0 Å². The number of para-hydroxylation sites is 1. The van der Waals surface area contributed by atoms with E-state index in [0.717, 1.165) is 25.7 Å². The van der Waals surface area contributed by atoms with Crippen molar-refractivity contribution in [3.05, 3.63) is 23.8 Å². The Bertz CT molecular complexity index is 438. The molecule has 1 rings (SSSR count). The predicted octanol–water partition coefficient (Wildman–Crippen LogP) is 0.674. The van der Waals surface area contributed by atoms with Crippen molar-refractivity contribution in [2.45, 2.75) is 31.7 Å². The molecular formula is C14H23N3O3. The molecule has 0 aliphatic carbocycles. The molecule has 1 atom stereocenters. The topological polar surface area (TPSA) is 122 Å². The number of hydrogen-bond acceptors (Lipinski definition) is 5. The van der Waals surface area contributed by atoms with E-state index in [2.05, 4.69) is 5.32 Å². The second kappa shape index (κ2) is 8.39. The maximum absolute atomic E-state index is 12.0. The van der Waals surface area contributed by atoms with Gasteiger partial charge in [-0.2, -0.15) is 0 Å². The highest BCUT2D eigenvalue weighted by Gasteiger charge is 2.17. The molecule has 0 heterocycles. The summed E-state index contributed by atoms with van der Waals surface area (Å²) in [7, 11) is 0. The van der Waals surface area contributed by atoms with Crippen molar-refractivity contribution >= 4 is 5.91 Å². The van der Waals surface area contributed by atoms with Gasteiger partial charge in [-0.3, -0.25) is 4.79 Å². The van der Waals surface area contributed by atoms with Crippen LogP contribution in [0.3, 0.4) is 0 Å². The molecule has 1 aromatic carbocycles. The minimum absolute atomic E-state index is 0.0467. The average Bonchev–Trinajstić information content (AvgIpc) is 2.45. The monoisotopic (exact) mass is 281 g/mol. The van der Waals surface area contributed by atoms with Gasteiger partial charge >= 0.3 is 0 Å². The standard InChI is InChI=1S/C14H23N3O3/c15-8-3-1-2-5-10(9-16)17-14(20)11-6-4-7-12(18)13(11)19/h4,6-7,10,18-19H,1-3,5,8-9,15-16H2,(H,17,20)/t10-/m0/s1. The molecule has 6 heteroatoms. The van der Waals surface area contributed by atoms with E-state index >= 15 is 0 Å². The molecule has 0 aromatic heterocycles. The SMILES string of the molecule is NCCCCC[C@@H](CN)NC(=O)c1cccc(O)c1O. The number of unbranched alkanes of at least 4 members (excludes halogenated alkanes) is 2. The van der Waals surface area contributed by atoms with E-state index in [1.165, 1.54) is 18.2 Å². The summed E-state index contributed by atoms with van der Waals surface area (Å²) >= 11 is 0. The van der Waals surface area contributed by atoms with Crippen LogP contribution in [0.5, 0.6) is 11.5 Å². The van der Waals surface area contributed by atoms with Gasteiger partial charge in [0.05, 0.1) is 5.56 Å². The van der Waals surface area contributed by atoms with Gasteiger partial charge in [-0.15, -0.1) is 0 Å². The largest absolute Gasteiger partial charge is 0.504 e. The average molecular weight is 281 g/mol. The molecule has 0 radical (unpaired) electrons. The van der Waals surface area contributed by atoms with E-state index in [9.17, 15) is 15.0 Å². The molecule has 112 valence electrons. The lowest BCUT2D eigenvalue weighted by Crippen LogP contribution is -2.40. The highest BCUT2D eigenvalue weighted by atomic mass is 16.3. The van der Waals surface area contributed by atoms with Crippen molar-refractivity contribution in [3.63, 3.8) is 0 Å². The fraction of sp³-hybridized carbons (Fsp3) is 0.500. The van der Waals surface area contributed by atoms with Crippen molar-refractivity contribution in [2.75, 3.05) is 13.1 Å². The van der Waals surface area contributed by atoms with Crippen LogP contribution in [0.4, 0.5) is 0 Å². The Morgan fingerprint density at radius 2 is 1.95 bits per heavy atom. The first-order chi connectivity index (χ1) is 9.60. The molecule has 0 spiro atoms. The van der Waals surface area contributed by atoms with Gasteiger partial charge in [0.1, 0.15) is 0 Å². The number of amides is 1. The molecule has 0 aliphatic heterocycles. The number of carbonyl (C=O) groups excluding carboxylic acids is 1. The van der Waals surface area contributed by atoms with Gasteiger partial charge in [0.25, 0.3) is 5.91 Å². The molecular weight excluding hydrogens is 258 g/mol. The molecule has 0 fully saturated rings. The zero-order valence-corrected chi connectivity index (χ0v) is 11.5. The molecule has 0 saturated heterocycles. The summed E-state index contributed by atoms with van der Waals surface area (Å²) in [5.74, 6) is -1.17. The molecule has 20 heavy (non-hydrogen) atoms. The van der Waals surface area contributed by atoms with Crippen molar-refractivity contribution in [1.29, 1.82) is 0 Å². The van der Waals surface area contributed by atoms with Crippen molar-refractivity contribution in [3.8, 4) is 11.5 Å². The van der Waals surface area contributed by atoms with Crippen LogP contribution < -0.4 is 16.8 Å². The van der Waals surface area contributed by atoms with E-state index < -0.39 is 11.7 Å². The van der Waals surface area contributed by atoms with Crippen molar-refractivity contribution in [1.82, 2.24) is 5.32 Å². The summed E-state index contributed by atoms with van der Waals surface area (Å²) in [6.45, 7) is 0.991. The number of phenols is 2. The normalized spacial score (nSPS) is 12.1. The fourth-order valence-electron chi connectivity index (χ4n) is 1.94. The van der Waals surface area contributed by atoms with E-state index in [4.69, 9.17) is 11.5 Å². The molecule has 0 saturated carbocycles. The number of nitrogens with one attached hydrogen (secondary N) is 1. The van der Waals surface area contributed by atoms with Crippen LogP contribution >= 0.6 is 0 Å². The predicted molar refractivity (Wildman–Crippen MR) is 77.6 cm³/mol. The number of nitrogens with two attached hydrogens (primary N) is 2. The molecule has 0 bridgehead atoms. The number of carbonyl (C=O) groups is 1. The maximum atomic E-state index is 12.0. The number of hydrogen-bond donors (Lipinski definition) is 5. The minimum Gasteiger partial charge on any atom is -0.504 e. The van der Waals surface area contributed by atoms with Crippen LogP contribution in [0.15, 0.2) is 18.2 Å². The summed E-state index contributed by atoms with van der Waals surface area (Å²) in [6.07, 6.45) is 3.66. The third kappa shape index (κ3) is 4.71. The Labute approximate surface area is 118 Å². The van der Waals surface area contributed by atoms with Gasteiger partial charge in [0, 0.05) is 12.6 Å². The Kier molecular flexibility index (Phi) is 6.83. The Hall–Kier alpha value is -1.79. The summed E-state index contributed by atoms with van der Waals surface area (Å²) in [6, 6.07) is 4.12. The number of phenolic OH excluding ortho intramolecular Hbond substituents is 2. The molecule has 0 unspecified atom stereocenters. The van der Waals surface area contributed by atoms with Gasteiger partial charge in [-0.1, -0.05) is 18.9 Å². The molecule has 7 N–H and O–H groups in total. The highest BCUT2D eigenvalue weighted by molar-refractivity contribution is 5.97. The first-order valence-electron chi connectivity index (χ1n) is 6.82. The smallest absolute Gasteiger partial charge is 0.255 e. The van der Waals surface area contributed by atoms with E-state index in [0.29, 0.717) is 13.1 Å². The summed E-state index contributed by atoms with van der Waals surface area (Å²) in [4.78, 5) is 12.0. The van der Waals surface area contributed by atoms with Crippen LogP contribution in [-0.4, -0.2) is 35.3 Å². The molecule has 6 nitrogen and oxygen atoms in total. The van der Waals surface area contributed by atoms with Crippen LogP contribution in [-0.2, 0) is 0 Å². The van der Waals surface area contributed by atoms with E-state index in [-0.39, 0.29) is 17.4 Å². The van der Waals surface area contributed by atoms with Gasteiger partial charge in [-0.25, -0.2) is 0 Å². The van der Waals surface area contributed by atoms with Gasteiger partial charge in [0.2, 0.25) is 0 Å². The zero-order valence-electron chi connectivity index (χ0n) is 11.5. The summed E-state index contributed by atoms with van der Waals surface area (Å²) < 4.78 is 0. The van der Waals surface area contributed by atoms with E-state index in [1.54, 1.807) is 0 Å². The van der Waals surface area contributed by atoms with E-state index in [1.807, 2.05) is 0 Å². The fourth-order valence-corrected chi connectivity index (χ4v) is 1.94. The molecule has 1 amide bonds. The lowest BCUT2D eigenvalue weighted by Gasteiger charge is -2.17. The maximum Gasteiger partial charge on any atom is 0.255 e. The van der Waals surface area contributed by atoms with Crippen LogP contribution in [0.1, 0.15) is 36.0 Å². The van der Waals surface area contributed by atoms with Crippen molar-refractivity contribution < 1.29 is 15.0 Å². The number of benzene rings is 1. The van der Waals surface area contributed by atoms with Crippen molar-refractivity contribution in [2.24, 2.45) is 11.5 Å². The van der Waals surface area contributed by atoms with Crippen LogP contribution in [0, 0.1) is 0 Å². The first kappa shape index (κ1) is 16.3. The first-order valence-corrected chi connectivity index (χ1v) is 6.82. The zero-order chi connectivity index (χ0) is 15.0. The Morgan fingerprint density at radius 1 is 1.20 bits per heavy atom. The second-order valence-electron chi connectivity index (χ2n) is 4.72. The minimum atomic E-state index is -0.437. The lowest BCUT2D eigenvalue weighted by atomic mass is 10.1. The van der Waals surface area contributed by atoms with Gasteiger partial charge < -0.3 is 27.0 Å². The third-order valence-corrected chi connectivity index (χ3v) is 3.14. The molecule has 0 aliphatic rings. The highest BCUT2D eigenvalue weighted by Crippen LogP contribution is 2.28. The Balaban J connectivity index is 2.56. The van der Waals surface area contributed by atoms with Crippen LogP contribution in [0.2, 0.25) is 0 Å². The molecule has 1 aromatic rings. The quantitative estimate of drug-likeness (QED) is 0.354. The lowest BCUT2D eigenvalue weighted by molar-refractivity contribution is 0.0932. The number of aromatic hydroxyl groups is 2. The summed E-state index contributed by atoms with van der Waals surface area (Å²) in [5, 5.41) is 21.8. The summed E-state index contributed by atoms with van der Waals surface area (Å²) in [5.41, 5.74) is 11.1. The van der Waals surface area contributed by atoms with Gasteiger partial charge in [-0.05, 0) is 31.5 Å². The third-order valence-electron chi connectivity index (χ3n) is 3.14. The Morgan fingerprint density at radius 3 is 2.60 bits per heavy atom. The second-order valence-corrected chi connectivity index (χ2v) is 4.72. The van der Waals surface area contributed by atoms with Gasteiger partial charge in [0.15, 0.2) is 11.5 Å².